The number of H-pyrrole nitrogens is 1. The molecule has 0 atom stereocenters. The van der Waals surface area contributed by atoms with E-state index in [0.717, 1.165) is 25.0 Å². The van der Waals surface area contributed by atoms with Gasteiger partial charge in [-0.05, 0) is 19.3 Å². The van der Waals surface area contributed by atoms with E-state index in [1.807, 2.05) is 13.0 Å². The van der Waals surface area contributed by atoms with Crippen LogP contribution in [0.1, 0.15) is 25.5 Å². The van der Waals surface area contributed by atoms with E-state index < -0.39 is 0 Å². The molecule has 1 fully saturated rings. The molecule has 5 heteroatoms. The summed E-state index contributed by atoms with van der Waals surface area (Å²) < 4.78 is 5.22. The first kappa shape index (κ1) is 11.1. The van der Waals surface area contributed by atoms with Crippen molar-refractivity contribution in [1.82, 2.24) is 10.2 Å². The highest BCUT2D eigenvalue weighted by molar-refractivity contribution is 5.91. The molecule has 88 valence electrons. The molecule has 1 aromatic heterocycles. The van der Waals surface area contributed by atoms with Crippen LogP contribution < -0.4 is 5.32 Å². The fourth-order valence-corrected chi connectivity index (χ4v) is 1.79. The van der Waals surface area contributed by atoms with Crippen LogP contribution in [0.3, 0.4) is 0 Å². The van der Waals surface area contributed by atoms with Crippen LogP contribution >= 0.6 is 0 Å². The first-order chi connectivity index (χ1) is 7.79. The molecule has 2 rings (SSSR count). The molecule has 0 radical (unpaired) electrons. The summed E-state index contributed by atoms with van der Waals surface area (Å²) in [6.45, 7) is 3.40. The van der Waals surface area contributed by atoms with Gasteiger partial charge in [0, 0.05) is 30.9 Å². The van der Waals surface area contributed by atoms with Crippen LogP contribution in [-0.2, 0) is 16.0 Å². The van der Waals surface area contributed by atoms with Gasteiger partial charge >= 0.3 is 0 Å². The Balaban J connectivity index is 1.90. The monoisotopic (exact) mass is 223 g/mol. The maximum Gasteiger partial charge on any atom is 0.228 e. The lowest BCUT2D eigenvalue weighted by molar-refractivity contribution is -0.122. The number of aryl methyl sites for hydroxylation is 1. The second-order valence-electron chi connectivity index (χ2n) is 4.01. The van der Waals surface area contributed by atoms with E-state index in [1.165, 1.54) is 0 Å². The van der Waals surface area contributed by atoms with E-state index in [2.05, 4.69) is 15.5 Å². The zero-order chi connectivity index (χ0) is 11.4. The highest BCUT2D eigenvalue weighted by atomic mass is 16.5. The predicted molar refractivity (Wildman–Crippen MR) is 60.1 cm³/mol. The third-order valence-electron chi connectivity index (χ3n) is 2.86. The number of rotatable bonds is 3. The topological polar surface area (TPSA) is 67.0 Å². The molecule has 1 aliphatic rings. The fourth-order valence-electron chi connectivity index (χ4n) is 1.79. The smallest absolute Gasteiger partial charge is 0.228 e. The molecule has 1 amide bonds. The molecule has 1 aliphatic heterocycles. The molecule has 0 aliphatic carbocycles. The van der Waals surface area contributed by atoms with Gasteiger partial charge in [-0.1, -0.05) is 6.92 Å². The molecule has 5 nitrogen and oxygen atoms in total. The van der Waals surface area contributed by atoms with Crippen molar-refractivity contribution in [3.05, 3.63) is 11.8 Å². The summed E-state index contributed by atoms with van der Waals surface area (Å²) in [6.07, 6.45) is 2.49. The van der Waals surface area contributed by atoms with Crippen molar-refractivity contribution in [1.29, 1.82) is 0 Å². The number of hydrogen-bond acceptors (Lipinski definition) is 3. The largest absolute Gasteiger partial charge is 0.381 e. The molecular formula is C11H17N3O2. The third-order valence-corrected chi connectivity index (χ3v) is 2.86. The molecule has 0 saturated carbocycles. The van der Waals surface area contributed by atoms with Gasteiger partial charge in [0.15, 0.2) is 5.82 Å². The molecule has 16 heavy (non-hydrogen) atoms. The zero-order valence-corrected chi connectivity index (χ0v) is 9.45. The van der Waals surface area contributed by atoms with Gasteiger partial charge in [0.25, 0.3) is 0 Å². The Morgan fingerprint density at radius 1 is 1.62 bits per heavy atom. The number of hydrogen-bond donors (Lipinski definition) is 2. The van der Waals surface area contributed by atoms with E-state index in [-0.39, 0.29) is 11.8 Å². The molecule has 1 saturated heterocycles. The number of nitrogens with zero attached hydrogens (tertiary/aromatic N) is 1. The van der Waals surface area contributed by atoms with Crippen LogP contribution in [0.25, 0.3) is 0 Å². The predicted octanol–water partition coefficient (Wildman–Crippen LogP) is 1.34. The average molecular weight is 223 g/mol. The Kier molecular flexibility index (Phi) is 3.56. The number of carbonyl (C=O) groups excluding carboxylic acids is 1. The lowest BCUT2D eigenvalue weighted by atomic mass is 9.99. The van der Waals surface area contributed by atoms with Crippen molar-refractivity contribution < 1.29 is 9.53 Å². The normalized spacial score (nSPS) is 17.3. The van der Waals surface area contributed by atoms with Crippen molar-refractivity contribution >= 4 is 11.7 Å². The van der Waals surface area contributed by atoms with E-state index in [1.54, 1.807) is 0 Å². The van der Waals surface area contributed by atoms with Gasteiger partial charge in [-0.3, -0.25) is 9.89 Å². The number of aromatic nitrogens is 2. The lowest BCUT2D eigenvalue weighted by Gasteiger charge is -2.20. The fraction of sp³-hybridized carbons (Fsp3) is 0.636. The van der Waals surface area contributed by atoms with Crippen LogP contribution in [-0.4, -0.2) is 29.3 Å². The maximum absolute atomic E-state index is 11.8. The Labute approximate surface area is 94.6 Å². The van der Waals surface area contributed by atoms with Crippen molar-refractivity contribution in [3.8, 4) is 0 Å². The number of amides is 1. The molecule has 2 heterocycles. The molecule has 0 aromatic carbocycles. The second kappa shape index (κ2) is 5.12. The SMILES string of the molecule is CCc1cc(NC(=O)C2CCOCC2)n[nH]1. The van der Waals surface area contributed by atoms with Crippen LogP contribution in [0.4, 0.5) is 5.82 Å². The van der Waals surface area contributed by atoms with Crippen molar-refractivity contribution in [2.45, 2.75) is 26.2 Å². The highest BCUT2D eigenvalue weighted by Crippen LogP contribution is 2.17. The summed E-state index contributed by atoms with van der Waals surface area (Å²) in [5.41, 5.74) is 1.03. The van der Waals surface area contributed by atoms with Crippen molar-refractivity contribution in [2.75, 3.05) is 18.5 Å². The van der Waals surface area contributed by atoms with Crippen molar-refractivity contribution in [2.24, 2.45) is 5.92 Å². The molecule has 2 N–H and O–H groups in total. The minimum absolute atomic E-state index is 0.0532. The van der Waals surface area contributed by atoms with Crippen LogP contribution in [0.2, 0.25) is 0 Å². The Morgan fingerprint density at radius 2 is 2.38 bits per heavy atom. The number of aromatic amines is 1. The van der Waals surface area contributed by atoms with Crippen LogP contribution in [0.5, 0.6) is 0 Å². The molecule has 0 unspecified atom stereocenters. The van der Waals surface area contributed by atoms with E-state index in [4.69, 9.17) is 4.74 Å². The lowest BCUT2D eigenvalue weighted by Crippen LogP contribution is -2.28. The Bertz CT molecular complexity index is 356. The average Bonchev–Trinajstić information content (AvgIpc) is 2.78. The van der Waals surface area contributed by atoms with Crippen LogP contribution in [0, 0.1) is 5.92 Å². The van der Waals surface area contributed by atoms with Gasteiger partial charge in [-0.2, -0.15) is 5.10 Å². The first-order valence-electron chi connectivity index (χ1n) is 5.72. The minimum atomic E-state index is 0.0532. The van der Waals surface area contributed by atoms with Gasteiger partial charge in [0.2, 0.25) is 5.91 Å². The number of ether oxygens (including phenoxy) is 1. The van der Waals surface area contributed by atoms with Gasteiger partial charge < -0.3 is 10.1 Å². The van der Waals surface area contributed by atoms with Crippen LogP contribution in [0.15, 0.2) is 6.07 Å². The Hall–Kier alpha value is -1.36. The Morgan fingerprint density at radius 3 is 3.00 bits per heavy atom. The standard InChI is InChI=1S/C11H17N3O2/c1-2-9-7-10(14-13-9)12-11(15)8-3-5-16-6-4-8/h7-8H,2-6H2,1H3,(H2,12,13,14,15). The zero-order valence-electron chi connectivity index (χ0n) is 9.45. The summed E-state index contributed by atoms with van der Waals surface area (Å²) in [6, 6.07) is 1.87. The van der Waals surface area contributed by atoms with Gasteiger partial charge in [-0.25, -0.2) is 0 Å². The summed E-state index contributed by atoms with van der Waals surface area (Å²) in [7, 11) is 0. The highest BCUT2D eigenvalue weighted by Gasteiger charge is 2.21. The van der Waals surface area contributed by atoms with Crippen molar-refractivity contribution in [3.63, 3.8) is 0 Å². The van der Waals surface area contributed by atoms with E-state index >= 15 is 0 Å². The first-order valence-corrected chi connectivity index (χ1v) is 5.72. The van der Waals surface area contributed by atoms with E-state index in [0.29, 0.717) is 19.0 Å². The number of anilines is 1. The quantitative estimate of drug-likeness (QED) is 0.812. The second-order valence-corrected chi connectivity index (χ2v) is 4.01. The third kappa shape index (κ3) is 2.61. The van der Waals surface area contributed by atoms with Gasteiger partial charge in [0.05, 0.1) is 0 Å². The summed E-state index contributed by atoms with van der Waals surface area (Å²) in [5, 5.41) is 9.74. The molecule has 1 aromatic rings. The minimum Gasteiger partial charge on any atom is -0.381 e. The molecule has 0 spiro atoms. The van der Waals surface area contributed by atoms with Gasteiger partial charge in [0.1, 0.15) is 0 Å². The summed E-state index contributed by atoms with van der Waals surface area (Å²) in [5.74, 6) is 0.737. The number of nitrogens with one attached hydrogen (secondary N) is 2. The van der Waals surface area contributed by atoms with Gasteiger partial charge in [-0.15, -0.1) is 0 Å². The number of carbonyl (C=O) groups is 1. The summed E-state index contributed by atoms with van der Waals surface area (Å²) >= 11 is 0. The molecule has 0 bridgehead atoms. The summed E-state index contributed by atoms with van der Waals surface area (Å²) in [4.78, 5) is 11.8. The maximum atomic E-state index is 11.8. The van der Waals surface area contributed by atoms with E-state index in [9.17, 15) is 4.79 Å². The molecular weight excluding hydrogens is 206 g/mol.